The Labute approximate surface area is 259 Å². The lowest BCUT2D eigenvalue weighted by molar-refractivity contribution is -0.122. The van der Waals surface area contributed by atoms with Crippen LogP contribution in [-0.2, 0) is 16.1 Å². The Morgan fingerprint density at radius 3 is 2.45 bits per heavy atom. The number of benzene rings is 3. The second-order valence-electron chi connectivity index (χ2n) is 11.9. The number of nitrogens with zero attached hydrogens (tertiary/aromatic N) is 2. The molecule has 234 valence electrons. The standard InChI is InChI=1S/C35H43N3O6/c1-24-20-38(25(2)23-39)35(41)30-10-7-11-31(36-34(40)27-16-18-42-19-17-27)33(30)44-32(24)22-37(3)21-26-12-14-29(15-13-26)43-28-8-5-4-6-9-28/h4-15,24-25,27,32,39H,16-23H2,1-3H3,(H,36,40)/t24-,25+,32-/m0/s1. The molecule has 1 saturated heterocycles. The van der Waals surface area contributed by atoms with Gasteiger partial charge in [0, 0.05) is 44.7 Å². The van der Waals surface area contributed by atoms with Gasteiger partial charge in [-0.25, -0.2) is 0 Å². The van der Waals surface area contributed by atoms with Gasteiger partial charge in [0.05, 0.1) is 23.9 Å². The van der Waals surface area contributed by atoms with Crippen LogP contribution in [0.15, 0.2) is 72.8 Å². The summed E-state index contributed by atoms with van der Waals surface area (Å²) < 4.78 is 18.1. The highest BCUT2D eigenvalue weighted by Crippen LogP contribution is 2.35. The first-order valence-corrected chi connectivity index (χ1v) is 15.4. The normalized spacial score (nSPS) is 19.8. The molecule has 9 heteroatoms. The summed E-state index contributed by atoms with van der Waals surface area (Å²) in [5.41, 5.74) is 1.99. The van der Waals surface area contributed by atoms with Crippen LogP contribution in [-0.4, -0.2) is 78.8 Å². The summed E-state index contributed by atoms with van der Waals surface area (Å²) in [4.78, 5) is 30.9. The molecule has 0 unspecified atom stereocenters. The number of hydrogen-bond acceptors (Lipinski definition) is 7. The highest BCUT2D eigenvalue weighted by atomic mass is 16.5. The second kappa shape index (κ2) is 14.7. The summed E-state index contributed by atoms with van der Waals surface area (Å²) in [5, 5.41) is 13.0. The van der Waals surface area contributed by atoms with Crippen molar-refractivity contribution in [2.24, 2.45) is 11.8 Å². The Balaban J connectivity index is 1.34. The molecule has 3 atom stereocenters. The maximum Gasteiger partial charge on any atom is 0.258 e. The molecule has 2 N–H and O–H groups in total. The van der Waals surface area contributed by atoms with E-state index in [1.165, 1.54) is 0 Å². The van der Waals surface area contributed by atoms with E-state index in [9.17, 15) is 14.7 Å². The lowest BCUT2D eigenvalue weighted by Gasteiger charge is -2.38. The maximum absolute atomic E-state index is 13.8. The number of ether oxygens (including phenoxy) is 3. The molecule has 2 heterocycles. The number of hydrogen-bond donors (Lipinski definition) is 2. The topological polar surface area (TPSA) is 101 Å². The van der Waals surface area contributed by atoms with E-state index in [4.69, 9.17) is 14.2 Å². The Morgan fingerprint density at radius 2 is 1.75 bits per heavy atom. The van der Waals surface area contributed by atoms with Crippen LogP contribution in [0.2, 0.25) is 0 Å². The van der Waals surface area contributed by atoms with Crippen LogP contribution in [0.25, 0.3) is 0 Å². The van der Waals surface area contributed by atoms with E-state index in [0.717, 1.165) is 17.1 Å². The lowest BCUT2D eigenvalue weighted by atomic mass is 9.98. The number of rotatable bonds is 10. The van der Waals surface area contributed by atoms with Crippen LogP contribution in [0, 0.1) is 11.8 Å². The van der Waals surface area contributed by atoms with Gasteiger partial charge in [-0.15, -0.1) is 0 Å². The van der Waals surface area contributed by atoms with Gasteiger partial charge < -0.3 is 29.5 Å². The zero-order chi connectivity index (χ0) is 31.1. The molecule has 3 aromatic carbocycles. The van der Waals surface area contributed by atoms with Crippen molar-refractivity contribution in [1.29, 1.82) is 0 Å². The number of carbonyl (C=O) groups excluding carboxylic acids is 2. The number of aliphatic hydroxyl groups excluding tert-OH is 1. The van der Waals surface area contributed by atoms with Crippen LogP contribution in [0.1, 0.15) is 42.6 Å². The highest BCUT2D eigenvalue weighted by molar-refractivity contribution is 6.02. The molecule has 2 aliphatic heterocycles. The first-order valence-electron chi connectivity index (χ1n) is 15.4. The molecular formula is C35H43N3O6. The molecule has 5 rings (SSSR count). The largest absolute Gasteiger partial charge is 0.486 e. The lowest BCUT2D eigenvalue weighted by Crippen LogP contribution is -2.49. The summed E-state index contributed by atoms with van der Waals surface area (Å²) in [5.74, 6) is 1.42. The fourth-order valence-corrected chi connectivity index (χ4v) is 5.73. The Kier molecular flexibility index (Phi) is 10.5. The minimum atomic E-state index is -0.369. The van der Waals surface area contributed by atoms with E-state index >= 15 is 0 Å². The molecule has 0 radical (unpaired) electrons. The molecule has 0 spiro atoms. The van der Waals surface area contributed by atoms with E-state index < -0.39 is 0 Å². The summed E-state index contributed by atoms with van der Waals surface area (Å²) >= 11 is 0. The third-order valence-corrected chi connectivity index (χ3v) is 8.39. The summed E-state index contributed by atoms with van der Waals surface area (Å²) in [6.45, 7) is 6.57. The SMILES string of the molecule is C[C@H](CO)N1C[C@H](C)[C@H](CN(C)Cc2ccc(Oc3ccccc3)cc2)Oc2c(NC(=O)C3CCOCC3)cccc2C1=O. The highest BCUT2D eigenvalue weighted by Gasteiger charge is 2.35. The van der Waals surface area contributed by atoms with E-state index in [0.29, 0.717) is 62.7 Å². The average molecular weight is 602 g/mol. The van der Waals surface area contributed by atoms with Gasteiger partial charge in [0.2, 0.25) is 5.91 Å². The number of para-hydroxylation sites is 2. The van der Waals surface area contributed by atoms with Gasteiger partial charge in [-0.1, -0.05) is 43.3 Å². The molecule has 2 aliphatic rings. The molecule has 9 nitrogen and oxygen atoms in total. The number of carbonyl (C=O) groups is 2. The summed E-state index contributed by atoms with van der Waals surface area (Å²) in [6.07, 6.45) is 1.03. The van der Waals surface area contributed by atoms with Crippen molar-refractivity contribution in [3.8, 4) is 17.2 Å². The van der Waals surface area contributed by atoms with E-state index in [-0.39, 0.29) is 42.4 Å². The molecule has 0 saturated carbocycles. The van der Waals surface area contributed by atoms with Crippen LogP contribution in [0.3, 0.4) is 0 Å². The average Bonchev–Trinajstić information content (AvgIpc) is 3.04. The van der Waals surface area contributed by atoms with Crippen LogP contribution < -0.4 is 14.8 Å². The minimum absolute atomic E-state index is 0.0514. The number of fused-ring (bicyclic) bond motifs is 1. The third-order valence-electron chi connectivity index (χ3n) is 8.39. The molecule has 0 aliphatic carbocycles. The van der Waals surface area contributed by atoms with Gasteiger partial charge in [0.15, 0.2) is 5.75 Å². The van der Waals surface area contributed by atoms with Gasteiger partial charge >= 0.3 is 0 Å². The zero-order valence-electron chi connectivity index (χ0n) is 25.8. The van der Waals surface area contributed by atoms with Gasteiger partial charge in [-0.2, -0.15) is 0 Å². The van der Waals surface area contributed by atoms with E-state index in [1.54, 1.807) is 23.1 Å². The van der Waals surface area contributed by atoms with E-state index in [1.807, 2.05) is 56.4 Å². The van der Waals surface area contributed by atoms with Crippen molar-refractivity contribution in [3.63, 3.8) is 0 Å². The number of anilines is 1. The number of likely N-dealkylation sites (N-methyl/N-ethyl adjacent to an activating group) is 1. The fraction of sp³-hybridized carbons (Fsp3) is 0.429. The quantitative estimate of drug-likeness (QED) is 0.330. The van der Waals surface area contributed by atoms with Gasteiger partial charge in [-0.3, -0.25) is 14.5 Å². The van der Waals surface area contributed by atoms with Crippen molar-refractivity contribution in [1.82, 2.24) is 9.80 Å². The smallest absolute Gasteiger partial charge is 0.258 e. The Morgan fingerprint density at radius 1 is 1.05 bits per heavy atom. The summed E-state index contributed by atoms with van der Waals surface area (Å²) in [7, 11) is 2.04. The Bertz CT molecular complexity index is 1390. The second-order valence-corrected chi connectivity index (χ2v) is 11.9. The minimum Gasteiger partial charge on any atom is -0.486 e. The first kappa shape index (κ1) is 31.5. The monoisotopic (exact) mass is 601 g/mol. The molecule has 1 fully saturated rings. The van der Waals surface area contributed by atoms with E-state index in [2.05, 4.69) is 29.3 Å². The van der Waals surface area contributed by atoms with Crippen molar-refractivity contribution < 1.29 is 28.9 Å². The maximum atomic E-state index is 13.8. The number of aliphatic hydroxyl groups is 1. The molecule has 3 aromatic rings. The number of nitrogens with one attached hydrogen (secondary N) is 1. The van der Waals surface area contributed by atoms with Crippen LogP contribution in [0.4, 0.5) is 5.69 Å². The molecule has 0 bridgehead atoms. The molecule has 0 aromatic heterocycles. The van der Waals surface area contributed by atoms with Crippen LogP contribution >= 0.6 is 0 Å². The van der Waals surface area contributed by atoms with Gasteiger partial charge in [0.25, 0.3) is 5.91 Å². The predicted octanol–water partition coefficient (Wildman–Crippen LogP) is 5.20. The molecular weight excluding hydrogens is 558 g/mol. The van der Waals surface area contributed by atoms with Crippen molar-refractivity contribution in [2.45, 2.75) is 45.4 Å². The Hall–Kier alpha value is -3.92. The van der Waals surface area contributed by atoms with Gasteiger partial charge in [-0.05, 0) is 68.8 Å². The van der Waals surface area contributed by atoms with Crippen LogP contribution in [0.5, 0.6) is 17.2 Å². The number of amides is 2. The fourth-order valence-electron chi connectivity index (χ4n) is 5.73. The van der Waals surface area contributed by atoms with Crippen molar-refractivity contribution in [2.75, 3.05) is 45.3 Å². The summed E-state index contributed by atoms with van der Waals surface area (Å²) in [6, 6.07) is 22.6. The molecule has 2 amide bonds. The third kappa shape index (κ3) is 7.77. The molecule has 44 heavy (non-hydrogen) atoms. The predicted molar refractivity (Wildman–Crippen MR) is 169 cm³/mol. The van der Waals surface area contributed by atoms with Crippen molar-refractivity contribution >= 4 is 17.5 Å². The van der Waals surface area contributed by atoms with Gasteiger partial charge in [0.1, 0.15) is 17.6 Å². The first-order chi connectivity index (χ1) is 21.3. The zero-order valence-corrected chi connectivity index (χ0v) is 25.8. The van der Waals surface area contributed by atoms with Crippen molar-refractivity contribution in [3.05, 3.63) is 83.9 Å².